The van der Waals surface area contributed by atoms with Crippen molar-refractivity contribution < 1.29 is 23.6 Å². The number of hydrogen-bond acceptors (Lipinski definition) is 11. The van der Waals surface area contributed by atoms with E-state index in [1.54, 1.807) is 30.3 Å². The zero-order valence-corrected chi connectivity index (χ0v) is 34.7. The van der Waals surface area contributed by atoms with Gasteiger partial charge in [0.1, 0.15) is 17.4 Å². The van der Waals surface area contributed by atoms with Gasteiger partial charge in [-0.3, -0.25) is 34.2 Å². The van der Waals surface area contributed by atoms with Crippen LogP contribution >= 0.6 is 0 Å². The van der Waals surface area contributed by atoms with Gasteiger partial charge in [-0.15, -0.1) is 5.10 Å². The highest BCUT2D eigenvalue weighted by Gasteiger charge is 2.36. The third-order valence-corrected chi connectivity index (χ3v) is 12.1. The zero-order chi connectivity index (χ0) is 42.3. The second-order valence-electron chi connectivity index (χ2n) is 16.4. The first-order valence-corrected chi connectivity index (χ1v) is 20.9. The number of likely N-dealkylation sites (tertiary alicyclic amines) is 1. The maximum atomic E-state index is 14.6. The van der Waals surface area contributed by atoms with Gasteiger partial charge in [0.05, 0.1) is 11.9 Å². The highest BCUT2D eigenvalue weighted by Crippen LogP contribution is 2.33. The van der Waals surface area contributed by atoms with Crippen molar-refractivity contribution >= 4 is 45.9 Å². The van der Waals surface area contributed by atoms with Crippen LogP contribution in [0.5, 0.6) is 0 Å². The van der Waals surface area contributed by atoms with Crippen molar-refractivity contribution in [1.82, 2.24) is 40.3 Å². The van der Waals surface area contributed by atoms with Gasteiger partial charge in [-0.05, 0) is 87.8 Å². The Morgan fingerprint density at radius 2 is 1.73 bits per heavy atom. The minimum absolute atomic E-state index is 0.00561. The van der Waals surface area contributed by atoms with Crippen LogP contribution in [-0.2, 0) is 25.7 Å². The number of piperidine rings is 1. The Kier molecular flexibility index (Phi) is 13.5. The van der Waals surface area contributed by atoms with Crippen LogP contribution in [0.25, 0.3) is 10.9 Å². The van der Waals surface area contributed by atoms with E-state index in [9.17, 15) is 28.4 Å². The van der Waals surface area contributed by atoms with Crippen LogP contribution in [-0.4, -0.2) is 126 Å². The predicted molar refractivity (Wildman–Crippen MR) is 227 cm³/mol. The van der Waals surface area contributed by atoms with Crippen molar-refractivity contribution in [3.8, 4) is 0 Å². The number of benzene rings is 3. The number of carbonyl (C=O) groups excluding carboxylic acids is 4. The second kappa shape index (κ2) is 19.1. The standard InChI is InChI=1S/C44H55FN10O5/c1-29-8-7-9-36(45)34(29)26-52-27-35(39(28-52)51(2)3)30-11-14-32(15-12-30)53-20-22-54(23-21-53)42(58)10-5-4-6-19-46-41(57)25-47-31-13-16-37-33(24-31)44(60)55(50-49-37)38-17-18-40(56)48-43(38)59/h7-9,11-16,24,35,38-39,47H,4-6,10,17-23,25-28H2,1-3H3,(H,46,57)(H,48,56,59)/t35-,38?,39+/m1/s1. The number of anilines is 2. The Hall–Kier alpha value is -5.74. The van der Waals surface area contributed by atoms with E-state index in [0.717, 1.165) is 66.9 Å². The van der Waals surface area contributed by atoms with E-state index in [1.807, 2.05) is 17.9 Å². The normalized spacial score (nSPS) is 19.9. The lowest BCUT2D eigenvalue weighted by molar-refractivity contribution is -0.136. The number of nitrogens with zero attached hydrogens (tertiary/aromatic N) is 7. The Morgan fingerprint density at radius 1 is 0.950 bits per heavy atom. The number of fused-ring (bicyclic) bond motifs is 1. The fourth-order valence-corrected chi connectivity index (χ4v) is 8.58. The minimum Gasteiger partial charge on any atom is -0.376 e. The molecule has 4 amide bonds. The number of imide groups is 1. The van der Waals surface area contributed by atoms with Crippen molar-refractivity contribution in [2.45, 2.75) is 70.0 Å². The third-order valence-electron chi connectivity index (χ3n) is 12.1. The molecule has 3 saturated heterocycles. The highest BCUT2D eigenvalue weighted by molar-refractivity contribution is 5.99. The summed E-state index contributed by atoms with van der Waals surface area (Å²) in [6.07, 6.45) is 3.05. The van der Waals surface area contributed by atoms with Crippen molar-refractivity contribution in [1.29, 1.82) is 0 Å². The summed E-state index contributed by atoms with van der Waals surface area (Å²) in [6, 6.07) is 18.4. The molecule has 0 aliphatic carbocycles. The summed E-state index contributed by atoms with van der Waals surface area (Å²) in [4.78, 5) is 71.5. The fraction of sp³-hybridized carbons (Fsp3) is 0.477. The molecule has 3 N–H and O–H groups in total. The Balaban J connectivity index is 0.790. The van der Waals surface area contributed by atoms with Crippen molar-refractivity contribution in [3.05, 3.63) is 93.5 Å². The van der Waals surface area contributed by atoms with E-state index < -0.39 is 17.5 Å². The molecule has 3 aliphatic rings. The SMILES string of the molecule is Cc1cccc(F)c1CN1C[C@H](c2ccc(N3CCN(C(=O)CCCCCNC(=O)CNc4ccc5nnn(C6CCC(=O)NC6=O)c(=O)c5c4)CC3)cc2)[C@@H](N(C)C)C1. The van der Waals surface area contributed by atoms with Crippen LogP contribution in [0.3, 0.4) is 0 Å². The molecule has 3 aromatic carbocycles. The molecule has 15 nitrogen and oxygen atoms in total. The van der Waals surface area contributed by atoms with Gasteiger partial charge in [-0.2, -0.15) is 4.68 Å². The lowest BCUT2D eigenvalue weighted by Gasteiger charge is -2.36. The van der Waals surface area contributed by atoms with E-state index in [0.29, 0.717) is 55.8 Å². The van der Waals surface area contributed by atoms with Gasteiger partial charge < -0.3 is 25.3 Å². The number of hydrogen-bond donors (Lipinski definition) is 3. The summed E-state index contributed by atoms with van der Waals surface area (Å²) in [6.45, 7) is 7.73. The quantitative estimate of drug-likeness (QED) is 0.119. The van der Waals surface area contributed by atoms with Crippen molar-refractivity contribution in [2.75, 3.05) is 76.7 Å². The molecule has 7 rings (SSSR count). The summed E-state index contributed by atoms with van der Waals surface area (Å²) in [5.41, 5.74) is 4.59. The molecule has 3 aliphatic heterocycles. The molecule has 1 unspecified atom stereocenters. The van der Waals surface area contributed by atoms with Gasteiger partial charge in [0.15, 0.2) is 0 Å². The summed E-state index contributed by atoms with van der Waals surface area (Å²) >= 11 is 0. The molecule has 318 valence electrons. The monoisotopic (exact) mass is 822 g/mol. The molecule has 3 fully saturated rings. The lowest BCUT2D eigenvalue weighted by Crippen LogP contribution is -2.48. The predicted octanol–water partition coefficient (Wildman–Crippen LogP) is 3.18. The molecule has 4 aromatic rings. The van der Waals surface area contributed by atoms with E-state index in [-0.39, 0.29) is 48.3 Å². The number of carbonyl (C=O) groups is 4. The van der Waals surface area contributed by atoms with Gasteiger partial charge in [0, 0.05) is 94.1 Å². The topological polar surface area (TPSA) is 165 Å². The molecule has 0 radical (unpaired) electrons. The molecule has 1 aromatic heterocycles. The van der Waals surface area contributed by atoms with Crippen LogP contribution in [0, 0.1) is 12.7 Å². The molecule has 60 heavy (non-hydrogen) atoms. The lowest BCUT2D eigenvalue weighted by atomic mass is 9.93. The summed E-state index contributed by atoms with van der Waals surface area (Å²) in [7, 11) is 4.24. The Morgan fingerprint density at radius 3 is 2.47 bits per heavy atom. The van der Waals surface area contributed by atoms with Gasteiger partial charge >= 0.3 is 0 Å². The average Bonchev–Trinajstić information content (AvgIpc) is 3.68. The van der Waals surface area contributed by atoms with Crippen molar-refractivity contribution in [2.24, 2.45) is 0 Å². The molecule has 0 spiro atoms. The molecular formula is C44H55FN10O5. The fourth-order valence-electron chi connectivity index (χ4n) is 8.58. The van der Waals surface area contributed by atoms with Crippen LogP contribution in [0.1, 0.15) is 67.2 Å². The van der Waals surface area contributed by atoms with Gasteiger partial charge in [-0.1, -0.05) is 35.9 Å². The number of halogens is 1. The van der Waals surface area contributed by atoms with Gasteiger partial charge in [-0.25, -0.2) is 4.39 Å². The third kappa shape index (κ3) is 9.99. The number of piperazine rings is 1. The first kappa shape index (κ1) is 42.4. The number of amides is 4. The van der Waals surface area contributed by atoms with E-state index >= 15 is 0 Å². The summed E-state index contributed by atoms with van der Waals surface area (Å²) in [5.74, 6) is -0.838. The number of likely N-dealkylation sites (N-methyl/N-ethyl adjacent to an activating group) is 1. The molecular weight excluding hydrogens is 768 g/mol. The largest absolute Gasteiger partial charge is 0.376 e. The molecule has 0 saturated carbocycles. The van der Waals surface area contributed by atoms with Crippen LogP contribution in [0.15, 0.2) is 65.5 Å². The minimum atomic E-state index is -0.919. The van der Waals surface area contributed by atoms with Crippen LogP contribution in [0.4, 0.5) is 15.8 Å². The van der Waals surface area contributed by atoms with E-state index in [4.69, 9.17) is 0 Å². The smallest absolute Gasteiger partial charge is 0.278 e. The zero-order valence-electron chi connectivity index (χ0n) is 34.7. The van der Waals surface area contributed by atoms with Crippen molar-refractivity contribution in [3.63, 3.8) is 0 Å². The Bertz CT molecular complexity index is 2240. The maximum absolute atomic E-state index is 14.6. The first-order chi connectivity index (χ1) is 28.9. The average molecular weight is 823 g/mol. The summed E-state index contributed by atoms with van der Waals surface area (Å²) < 4.78 is 15.6. The molecule has 3 atom stereocenters. The van der Waals surface area contributed by atoms with Gasteiger partial charge in [0.2, 0.25) is 17.7 Å². The maximum Gasteiger partial charge on any atom is 0.278 e. The molecule has 0 bridgehead atoms. The van der Waals surface area contributed by atoms with Crippen LogP contribution < -0.4 is 26.4 Å². The molecule has 4 heterocycles. The second-order valence-corrected chi connectivity index (χ2v) is 16.4. The summed E-state index contributed by atoms with van der Waals surface area (Å²) in [5, 5.41) is 16.4. The van der Waals surface area contributed by atoms with Crippen LogP contribution in [0.2, 0.25) is 0 Å². The van der Waals surface area contributed by atoms with E-state index in [2.05, 4.69) is 79.3 Å². The number of nitrogens with one attached hydrogen (secondary N) is 3. The van der Waals surface area contributed by atoms with E-state index in [1.165, 1.54) is 5.56 Å². The number of rotatable bonds is 15. The number of aryl methyl sites for hydroxylation is 1. The molecule has 16 heteroatoms. The van der Waals surface area contributed by atoms with Gasteiger partial charge in [0.25, 0.3) is 11.5 Å². The number of unbranched alkanes of at least 4 members (excludes halogenated alkanes) is 2. The number of aromatic nitrogens is 3. The highest BCUT2D eigenvalue weighted by atomic mass is 19.1. The Labute approximate surface area is 349 Å². The first-order valence-electron chi connectivity index (χ1n) is 20.9.